The lowest BCUT2D eigenvalue weighted by Gasteiger charge is -2.19. The molecule has 6 nitrogen and oxygen atoms in total. The summed E-state index contributed by atoms with van der Waals surface area (Å²) in [5.74, 6) is -0.859. The lowest BCUT2D eigenvalue weighted by molar-refractivity contribution is -0.0501. The van der Waals surface area contributed by atoms with Crippen molar-refractivity contribution in [2.75, 3.05) is 0 Å². The largest absolute Gasteiger partial charge is 0.534 e. The molecule has 1 aromatic heterocycles. The smallest absolute Gasteiger partial charge is 0.353 e. The molecule has 0 saturated carbocycles. The zero-order valence-corrected chi connectivity index (χ0v) is 17.7. The van der Waals surface area contributed by atoms with Crippen molar-refractivity contribution in [2.45, 2.75) is 31.7 Å². The number of aromatic nitrogens is 2. The molecular weight excluding hydrogens is 433 g/mol. The van der Waals surface area contributed by atoms with Crippen LogP contribution < -0.4 is 9.74 Å². The summed E-state index contributed by atoms with van der Waals surface area (Å²) in [6.45, 7) is 9.57. The number of hydrogen-bond donors (Lipinski definition) is 0. The molecule has 0 aliphatic rings. The molecule has 0 saturated heterocycles. The van der Waals surface area contributed by atoms with Crippen LogP contribution in [-0.4, -0.2) is 23.7 Å². The monoisotopic (exact) mass is 452 g/mol. The highest BCUT2D eigenvalue weighted by Gasteiger charge is 2.49. The Morgan fingerprint density at radius 2 is 1.65 bits per heavy atom. The molecule has 10 heteroatoms. The average Bonchev–Trinajstić information content (AvgIpc) is 2.68. The summed E-state index contributed by atoms with van der Waals surface area (Å²) in [5, 5.41) is 3.55. The van der Waals surface area contributed by atoms with Gasteiger partial charge >= 0.3 is 15.6 Å². The van der Waals surface area contributed by atoms with Crippen LogP contribution in [-0.2, 0) is 15.5 Å². The van der Waals surface area contributed by atoms with Crippen molar-refractivity contribution in [3.05, 3.63) is 70.5 Å². The first-order valence-corrected chi connectivity index (χ1v) is 10.5. The van der Waals surface area contributed by atoms with E-state index in [-0.39, 0.29) is 21.9 Å². The van der Waals surface area contributed by atoms with Crippen LogP contribution in [0.2, 0.25) is 0 Å². The van der Waals surface area contributed by atoms with Crippen molar-refractivity contribution in [3.63, 3.8) is 0 Å². The quantitative estimate of drug-likeness (QED) is 0.429. The zero-order chi connectivity index (χ0) is 23.2. The van der Waals surface area contributed by atoms with E-state index < -0.39 is 27.1 Å². The molecule has 0 atom stereocenters. The predicted octanol–water partition coefficient (Wildman–Crippen LogP) is 4.55. The van der Waals surface area contributed by atoms with Crippen molar-refractivity contribution in [1.82, 2.24) is 9.78 Å². The first-order valence-electron chi connectivity index (χ1n) is 9.06. The fourth-order valence-corrected chi connectivity index (χ4v) is 3.27. The van der Waals surface area contributed by atoms with Gasteiger partial charge in [0.05, 0.1) is 16.5 Å². The molecule has 0 N–H and O–H groups in total. The summed E-state index contributed by atoms with van der Waals surface area (Å²) in [6, 6.07) is 10.7. The number of halogens is 3. The standard InChI is InChI=1S/C21H19F3N2O4S/c1-5-13-6-11-16-17(12-13)19(27)26(15-9-7-14(8-10-15)20(2,3)4)25-18(16)30-31(28,29)21(22,23)24/h5-12H,1H2,2-4H3. The number of alkyl halides is 3. The molecule has 1 heterocycles. The van der Waals surface area contributed by atoms with E-state index in [2.05, 4.69) is 15.9 Å². The molecule has 164 valence electrons. The molecular formula is C21H19F3N2O4S. The van der Waals surface area contributed by atoms with E-state index in [0.29, 0.717) is 5.56 Å². The van der Waals surface area contributed by atoms with E-state index in [0.717, 1.165) is 10.2 Å². The van der Waals surface area contributed by atoms with Gasteiger partial charge in [-0.25, -0.2) is 0 Å². The van der Waals surface area contributed by atoms with Gasteiger partial charge in [-0.3, -0.25) is 4.79 Å². The van der Waals surface area contributed by atoms with E-state index >= 15 is 0 Å². The molecule has 0 spiro atoms. The van der Waals surface area contributed by atoms with Gasteiger partial charge in [-0.15, -0.1) is 5.10 Å². The Kier molecular flexibility index (Phi) is 5.47. The van der Waals surface area contributed by atoms with Crippen molar-refractivity contribution in [2.24, 2.45) is 0 Å². The van der Waals surface area contributed by atoms with Crippen LogP contribution in [0.4, 0.5) is 13.2 Å². The second-order valence-electron chi connectivity index (χ2n) is 7.81. The second-order valence-corrected chi connectivity index (χ2v) is 9.35. The Hall–Kier alpha value is -3.14. The van der Waals surface area contributed by atoms with Gasteiger partial charge in [0.15, 0.2) is 0 Å². The predicted molar refractivity (Wildman–Crippen MR) is 112 cm³/mol. The summed E-state index contributed by atoms with van der Waals surface area (Å²) in [6.07, 6.45) is 1.44. The minimum absolute atomic E-state index is 0.0697. The molecule has 0 bridgehead atoms. The van der Waals surface area contributed by atoms with Crippen LogP contribution in [0.3, 0.4) is 0 Å². The van der Waals surface area contributed by atoms with Gasteiger partial charge in [0.1, 0.15) is 0 Å². The number of rotatable bonds is 4. The van der Waals surface area contributed by atoms with Gasteiger partial charge < -0.3 is 4.18 Å². The summed E-state index contributed by atoms with van der Waals surface area (Å²) in [5.41, 5.74) is -4.78. The van der Waals surface area contributed by atoms with Crippen molar-refractivity contribution < 1.29 is 25.8 Å². The first-order chi connectivity index (χ1) is 14.2. The highest BCUT2D eigenvalue weighted by atomic mass is 32.2. The molecule has 31 heavy (non-hydrogen) atoms. The fraction of sp³-hybridized carbons (Fsp3) is 0.238. The summed E-state index contributed by atoms with van der Waals surface area (Å²) >= 11 is 0. The minimum atomic E-state index is -5.99. The van der Waals surface area contributed by atoms with Gasteiger partial charge in [0.25, 0.3) is 11.4 Å². The van der Waals surface area contributed by atoms with Gasteiger partial charge in [-0.2, -0.15) is 26.3 Å². The van der Waals surface area contributed by atoms with E-state index in [9.17, 15) is 26.4 Å². The zero-order valence-electron chi connectivity index (χ0n) is 16.9. The van der Waals surface area contributed by atoms with E-state index in [1.54, 1.807) is 24.3 Å². The Bertz CT molecular complexity index is 1320. The Morgan fingerprint density at radius 3 is 2.16 bits per heavy atom. The topological polar surface area (TPSA) is 78.3 Å². The first kappa shape index (κ1) is 22.5. The third kappa shape index (κ3) is 4.34. The second kappa shape index (κ2) is 7.52. The Labute approximate surface area is 176 Å². The lowest BCUT2D eigenvalue weighted by Crippen LogP contribution is -2.30. The molecule has 0 unspecified atom stereocenters. The normalized spacial score (nSPS) is 12.7. The third-order valence-corrected chi connectivity index (χ3v) is 5.52. The third-order valence-electron chi connectivity index (χ3n) is 4.57. The molecule has 3 aromatic rings. The maximum absolute atomic E-state index is 13.0. The van der Waals surface area contributed by atoms with Crippen LogP contribution in [0.15, 0.2) is 53.8 Å². The molecule has 0 fully saturated rings. The highest BCUT2D eigenvalue weighted by molar-refractivity contribution is 7.88. The number of benzene rings is 2. The average molecular weight is 452 g/mol. The van der Waals surface area contributed by atoms with E-state index in [1.807, 2.05) is 20.8 Å². The van der Waals surface area contributed by atoms with Gasteiger partial charge in [-0.05, 0) is 40.8 Å². The molecule has 0 aliphatic carbocycles. The SMILES string of the molecule is C=Cc1ccc2c(OS(=O)(=O)C(F)(F)F)nn(-c3ccc(C(C)(C)C)cc3)c(=O)c2c1. The van der Waals surface area contributed by atoms with Crippen molar-refractivity contribution in [3.8, 4) is 11.6 Å². The number of fused-ring (bicyclic) bond motifs is 1. The highest BCUT2D eigenvalue weighted by Crippen LogP contribution is 2.30. The summed E-state index contributed by atoms with van der Waals surface area (Å²) in [4.78, 5) is 13.0. The Morgan fingerprint density at radius 1 is 1.03 bits per heavy atom. The number of hydrogen-bond acceptors (Lipinski definition) is 5. The summed E-state index contributed by atoms with van der Waals surface area (Å²) in [7, 11) is -5.99. The summed E-state index contributed by atoms with van der Waals surface area (Å²) < 4.78 is 66.9. The molecule has 0 radical (unpaired) electrons. The fourth-order valence-electron chi connectivity index (χ4n) is 2.85. The van der Waals surface area contributed by atoms with Crippen molar-refractivity contribution in [1.29, 1.82) is 0 Å². The van der Waals surface area contributed by atoms with Gasteiger partial charge in [0.2, 0.25) is 0 Å². The molecule has 3 rings (SSSR count). The van der Waals surface area contributed by atoms with Gasteiger partial charge in [0, 0.05) is 0 Å². The van der Waals surface area contributed by atoms with Crippen LogP contribution in [0.25, 0.3) is 22.5 Å². The molecule has 2 aromatic carbocycles. The Balaban J connectivity index is 2.28. The van der Waals surface area contributed by atoms with Crippen LogP contribution in [0, 0.1) is 0 Å². The molecule has 0 amide bonds. The van der Waals surface area contributed by atoms with E-state index in [4.69, 9.17) is 0 Å². The van der Waals surface area contributed by atoms with Crippen LogP contribution in [0.5, 0.6) is 5.88 Å². The van der Waals surface area contributed by atoms with Crippen molar-refractivity contribution >= 4 is 27.0 Å². The van der Waals surface area contributed by atoms with Gasteiger partial charge in [-0.1, -0.05) is 51.6 Å². The van der Waals surface area contributed by atoms with E-state index in [1.165, 1.54) is 24.3 Å². The van der Waals surface area contributed by atoms with Crippen LogP contribution in [0.1, 0.15) is 31.9 Å². The number of nitrogens with zero attached hydrogens (tertiary/aromatic N) is 2. The maximum Gasteiger partial charge on any atom is 0.534 e. The lowest BCUT2D eigenvalue weighted by atomic mass is 9.87. The maximum atomic E-state index is 13.0. The van der Waals surface area contributed by atoms with Crippen LogP contribution >= 0.6 is 0 Å². The molecule has 0 aliphatic heterocycles. The minimum Gasteiger partial charge on any atom is -0.353 e.